The number of pyridine rings is 1. The highest BCUT2D eigenvalue weighted by molar-refractivity contribution is 7.85. The minimum Gasteiger partial charge on any atom is -0.286 e. The van der Waals surface area contributed by atoms with Crippen LogP contribution in [-0.2, 0) is 23.1 Å². The normalized spacial score (nSPS) is 11.3. The Hall–Kier alpha value is -1.98. The zero-order chi connectivity index (χ0) is 15.3. The lowest BCUT2D eigenvalue weighted by atomic mass is 10.1. The van der Waals surface area contributed by atoms with E-state index < -0.39 is 10.1 Å². The van der Waals surface area contributed by atoms with Crippen molar-refractivity contribution in [1.29, 1.82) is 0 Å². The Kier molecular flexibility index (Phi) is 4.88. The summed E-state index contributed by atoms with van der Waals surface area (Å²) in [4.78, 5) is 0. The molecule has 2 aromatic rings. The average molecular weight is 304 g/mol. The molecule has 0 saturated carbocycles. The van der Waals surface area contributed by atoms with Gasteiger partial charge in [-0.1, -0.05) is 36.9 Å². The van der Waals surface area contributed by atoms with E-state index in [4.69, 9.17) is 4.55 Å². The molecule has 1 aromatic heterocycles. The van der Waals surface area contributed by atoms with Crippen LogP contribution in [0.15, 0.2) is 55.4 Å². The van der Waals surface area contributed by atoms with Gasteiger partial charge in [0.2, 0.25) is 0 Å². The Labute approximate surface area is 125 Å². The monoisotopic (exact) mass is 304 g/mol. The van der Waals surface area contributed by atoms with Crippen molar-refractivity contribution in [2.75, 3.05) is 5.75 Å². The highest BCUT2D eigenvalue weighted by Crippen LogP contribution is 2.05. The van der Waals surface area contributed by atoms with E-state index in [9.17, 15) is 8.42 Å². The highest BCUT2D eigenvalue weighted by atomic mass is 32.2. The van der Waals surface area contributed by atoms with Crippen molar-refractivity contribution < 1.29 is 17.5 Å². The van der Waals surface area contributed by atoms with Gasteiger partial charge in [0.15, 0.2) is 18.9 Å². The van der Waals surface area contributed by atoms with Crippen LogP contribution in [0.25, 0.3) is 6.08 Å². The smallest absolute Gasteiger partial charge is 0.265 e. The van der Waals surface area contributed by atoms with Crippen molar-refractivity contribution in [2.24, 2.45) is 0 Å². The van der Waals surface area contributed by atoms with Crippen LogP contribution in [0, 0.1) is 0 Å². The molecule has 0 aliphatic rings. The molecule has 0 radical (unpaired) electrons. The molecule has 5 heteroatoms. The van der Waals surface area contributed by atoms with E-state index in [2.05, 4.69) is 18.7 Å². The maximum absolute atomic E-state index is 10.7. The summed E-state index contributed by atoms with van der Waals surface area (Å²) in [7, 11) is -3.90. The molecule has 0 unspecified atom stereocenters. The summed E-state index contributed by atoms with van der Waals surface area (Å²) >= 11 is 0. The molecule has 0 bridgehead atoms. The lowest BCUT2D eigenvalue weighted by Crippen LogP contribution is -2.33. The molecule has 0 aliphatic heterocycles. The van der Waals surface area contributed by atoms with Crippen LogP contribution in [0.3, 0.4) is 0 Å². The Balaban J connectivity index is 1.99. The molecular weight excluding hydrogens is 286 g/mol. The maximum atomic E-state index is 10.7. The SMILES string of the molecule is C=Cc1ccc(C[n+]2ccc(CCS(=O)(=O)O)cc2)cc1. The van der Waals surface area contributed by atoms with Crippen LogP contribution < -0.4 is 4.57 Å². The molecule has 0 atom stereocenters. The zero-order valence-electron chi connectivity index (χ0n) is 11.6. The molecule has 110 valence electrons. The first-order valence-corrected chi connectivity index (χ1v) is 8.22. The van der Waals surface area contributed by atoms with Crippen LogP contribution in [0.5, 0.6) is 0 Å². The fourth-order valence-corrected chi connectivity index (χ4v) is 2.47. The van der Waals surface area contributed by atoms with Gasteiger partial charge in [0.1, 0.15) is 0 Å². The van der Waals surface area contributed by atoms with Gasteiger partial charge in [0, 0.05) is 17.7 Å². The van der Waals surface area contributed by atoms with Gasteiger partial charge in [-0.05, 0) is 17.5 Å². The largest absolute Gasteiger partial charge is 0.286 e. The lowest BCUT2D eigenvalue weighted by Gasteiger charge is -2.01. The summed E-state index contributed by atoms with van der Waals surface area (Å²) in [6.45, 7) is 4.47. The molecule has 0 saturated heterocycles. The maximum Gasteiger partial charge on any atom is 0.265 e. The Bertz CT molecular complexity index is 704. The van der Waals surface area contributed by atoms with Crippen LogP contribution in [0.4, 0.5) is 0 Å². The van der Waals surface area contributed by atoms with E-state index in [1.807, 2.05) is 41.2 Å². The minimum atomic E-state index is -3.90. The highest BCUT2D eigenvalue weighted by Gasteiger charge is 2.07. The second-order valence-electron chi connectivity index (χ2n) is 4.86. The van der Waals surface area contributed by atoms with E-state index >= 15 is 0 Å². The predicted octanol–water partition coefficient (Wildman–Crippen LogP) is 2.10. The van der Waals surface area contributed by atoms with Crippen LogP contribution in [0.2, 0.25) is 0 Å². The second kappa shape index (κ2) is 6.65. The van der Waals surface area contributed by atoms with Gasteiger partial charge in [-0.25, -0.2) is 4.57 Å². The first-order valence-electron chi connectivity index (χ1n) is 6.61. The third-order valence-electron chi connectivity index (χ3n) is 3.19. The second-order valence-corrected chi connectivity index (χ2v) is 6.43. The van der Waals surface area contributed by atoms with Crippen LogP contribution >= 0.6 is 0 Å². The average Bonchev–Trinajstić information content (AvgIpc) is 2.46. The van der Waals surface area contributed by atoms with Crippen molar-refractivity contribution >= 4 is 16.2 Å². The molecule has 0 aliphatic carbocycles. The first kappa shape index (κ1) is 15.4. The number of aryl methyl sites for hydroxylation is 1. The zero-order valence-corrected chi connectivity index (χ0v) is 12.5. The number of nitrogens with zero attached hydrogens (tertiary/aromatic N) is 1. The third-order valence-corrected chi connectivity index (χ3v) is 3.91. The summed E-state index contributed by atoms with van der Waals surface area (Å²) in [6.07, 6.45) is 5.93. The van der Waals surface area contributed by atoms with E-state index in [1.165, 1.54) is 5.56 Å². The molecule has 0 spiro atoms. The molecule has 21 heavy (non-hydrogen) atoms. The van der Waals surface area contributed by atoms with E-state index in [1.54, 1.807) is 6.08 Å². The van der Waals surface area contributed by atoms with Gasteiger partial charge in [-0.15, -0.1) is 0 Å². The molecule has 0 amide bonds. The molecule has 0 fully saturated rings. The first-order chi connectivity index (χ1) is 9.96. The van der Waals surface area contributed by atoms with Crippen LogP contribution in [0.1, 0.15) is 16.7 Å². The molecule has 1 aromatic carbocycles. The number of rotatable bonds is 6. The summed E-state index contributed by atoms with van der Waals surface area (Å²) in [6, 6.07) is 11.9. The number of hydrogen-bond donors (Lipinski definition) is 1. The van der Waals surface area contributed by atoms with Crippen molar-refractivity contribution in [1.82, 2.24) is 0 Å². The molecule has 1 N–H and O–H groups in total. The third kappa shape index (κ3) is 5.13. The Morgan fingerprint density at radius 2 is 1.67 bits per heavy atom. The number of aromatic nitrogens is 1. The summed E-state index contributed by atoms with van der Waals surface area (Å²) in [5.74, 6) is -0.250. The molecule has 4 nitrogen and oxygen atoms in total. The van der Waals surface area contributed by atoms with Gasteiger partial charge in [-0.2, -0.15) is 8.42 Å². The van der Waals surface area contributed by atoms with Crippen molar-refractivity contribution in [3.05, 3.63) is 72.1 Å². The fraction of sp³-hybridized carbons (Fsp3) is 0.188. The number of hydrogen-bond acceptors (Lipinski definition) is 2. The summed E-state index contributed by atoms with van der Waals surface area (Å²) < 4.78 is 32.2. The van der Waals surface area contributed by atoms with Gasteiger partial charge >= 0.3 is 0 Å². The predicted molar refractivity (Wildman–Crippen MR) is 82.4 cm³/mol. The van der Waals surface area contributed by atoms with Crippen LogP contribution in [-0.4, -0.2) is 18.7 Å². The van der Waals surface area contributed by atoms with Gasteiger partial charge in [0.05, 0.1) is 5.75 Å². The van der Waals surface area contributed by atoms with Gasteiger partial charge in [0.25, 0.3) is 10.1 Å². The standard InChI is InChI=1S/C16H17NO3S/c1-2-14-3-5-16(6-4-14)13-17-10-7-15(8-11-17)9-12-21(18,19)20/h2-8,10-11H,1,9,12-13H2/p+1. The molecular formula is C16H18NO3S+. The van der Waals surface area contributed by atoms with Crippen molar-refractivity contribution in [2.45, 2.75) is 13.0 Å². The van der Waals surface area contributed by atoms with E-state index in [0.29, 0.717) is 6.42 Å². The summed E-state index contributed by atoms with van der Waals surface area (Å²) in [5, 5.41) is 0. The van der Waals surface area contributed by atoms with Crippen molar-refractivity contribution in [3.8, 4) is 0 Å². The fourth-order valence-electron chi connectivity index (χ4n) is 1.98. The van der Waals surface area contributed by atoms with Crippen molar-refractivity contribution in [3.63, 3.8) is 0 Å². The Morgan fingerprint density at radius 1 is 1.05 bits per heavy atom. The topological polar surface area (TPSA) is 58.2 Å². The Morgan fingerprint density at radius 3 is 2.19 bits per heavy atom. The van der Waals surface area contributed by atoms with E-state index in [-0.39, 0.29) is 5.75 Å². The van der Waals surface area contributed by atoms with Gasteiger partial charge in [-0.3, -0.25) is 4.55 Å². The molecule has 1 heterocycles. The van der Waals surface area contributed by atoms with Gasteiger partial charge < -0.3 is 0 Å². The number of benzene rings is 1. The summed E-state index contributed by atoms with van der Waals surface area (Å²) in [5.41, 5.74) is 3.14. The quantitative estimate of drug-likeness (QED) is 0.657. The molecule has 2 rings (SSSR count). The lowest BCUT2D eigenvalue weighted by molar-refractivity contribution is -0.688. The minimum absolute atomic E-state index is 0.250. The van der Waals surface area contributed by atoms with E-state index in [0.717, 1.165) is 17.7 Å².